The van der Waals surface area contributed by atoms with Gasteiger partial charge in [-0.1, -0.05) is 170 Å². The second-order valence-electron chi connectivity index (χ2n) is 15.4. The second-order valence-corrected chi connectivity index (χ2v) is 15.4. The summed E-state index contributed by atoms with van der Waals surface area (Å²) in [6, 6.07) is 82.1. The zero-order valence-corrected chi connectivity index (χ0v) is 32.3. The summed E-state index contributed by atoms with van der Waals surface area (Å²) in [5.74, 6) is 0. The number of fused-ring (bicyclic) bond motifs is 7. The zero-order chi connectivity index (χ0) is 38.6. The molecule has 274 valence electrons. The van der Waals surface area contributed by atoms with Crippen LogP contribution in [0.25, 0.3) is 43.4 Å². The fourth-order valence-corrected chi connectivity index (χ4v) is 9.55. The van der Waals surface area contributed by atoms with Crippen LogP contribution in [0.1, 0.15) is 23.6 Å². The van der Waals surface area contributed by atoms with Crippen molar-refractivity contribution in [2.75, 3.05) is 9.80 Å². The Morgan fingerprint density at radius 1 is 0.328 bits per heavy atom. The van der Waals surface area contributed by atoms with E-state index in [1.807, 2.05) is 0 Å². The standard InChI is InChI=1S/C56H40N2/c1-56(41-23-5-2-6-24-41)50-37-44(57(42-25-7-3-8-26-42)52-33-17-21-39-19-11-13-29-45(39)52)35-36-49(50)55-48-32-16-15-31-47(48)54(38-51(55)56)58(43-27-9-4-10-28-43)53-34-18-22-40-20-12-14-30-46(40)53/h2-38H,1H3. The number of anilines is 6. The molecule has 10 aromatic rings. The highest BCUT2D eigenvalue weighted by Crippen LogP contribution is 2.58. The molecule has 1 aliphatic rings. The first-order valence-electron chi connectivity index (χ1n) is 20.1. The Kier molecular flexibility index (Phi) is 7.97. The van der Waals surface area contributed by atoms with E-state index in [9.17, 15) is 0 Å². The molecule has 1 aliphatic carbocycles. The highest BCUT2D eigenvalue weighted by atomic mass is 15.2. The first-order chi connectivity index (χ1) is 28.7. The highest BCUT2D eigenvalue weighted by Gasteiger charge is 2.43. The van der Waals surface area contributed by atoms with E-state index in [1.165, 1.54) is 60.1 Å². The van der Waals surface area contributed by atoms with E-state index in [0.717, 1.165) is 34.1 Å². The molecular weight excluding hydrogens is 701 g/mol. The van der Waals surface area contributed by atoms with Crippen LogP contribution >= 0.6 is 0 Å². The van der Waals surface area contributed by atoms with Gasteiger partial charge in [-0.2, -0.15) is 0 Å². The van der Waals surface area contributed by atoms with E-state index >= 15 is 0 Å². The minimum Gasteiger partial charge on any atom is -0.310 e. The van der Waals surface area contributed by atoms with E-state index in [2.05, 4.69) is 241 Å². The van der Waals surface area contributed by atoms with E-state index in [0.29, 0.717) is 0 Å². The molecule has 0 spiro atoms. The summed E-state index contributed by atoms with van der Waals surface area (Å²) in [5, 5.41) is 7.33. The minimum absolute atomic E-state index is 0.469. The Balaban J connectivity index is 1.20. The summed E-state index contributed by atoms with van der Waals surface area (Å²) in [6.07, 6.45) is 0. The van der Waals surface area contributed by atoms with Gasteiger partial charge >= 0.3 is 0 Å². The van der Waals surface area contributed by atoms with Crippen LogP contribution in [-0.2, 0) is 5.41 Å². The van der Waals surface area contributed by atoms with Crippen LogP contribution in [0, 0.1) is 0 Å². The van der Waals surface area contributed by atoms with Gasteiger partial charge in [0.05, 0.1) is 17.1 Å². The molecule has 0 fully saturated rings. The molecule has 0 saturated carbocycles. The average molecular weight is 741 g/mol. The first-order valence-corrected chi connectivity index (χ1v) is 20.1. The molecule has 1 atom stereocenters. The molecule has 2 nitrogen and oxygen atoms in total. The van der Waals surface area contributed by atoms with Crippen LogP contribution < -0.4 is 9.80 Å². The molecule has 0 aliphatic heterocycles. The highest BCUT2D eigenvalue weighted by molar-refractivity contribution is 6.12. The van der Waals surface area contributed by atoms with Crippen molar-refractivity contribution in [3.05, 3.63) is 241 Å². The summed E-state index contributed by atoms with van der Waals surface area (Å²) < 4.78 is 0. The average Bonchev–Trinajstić information content (AvgIpc) is 3.55. The molecule has 10 aromatic carbocycles. The van der Waals surface area contributed by atoms with Gasteiger partial charge < -0.3 is 9.80 Å². The SMILES string of the molecule is CC1(c2ccccc2)c2cc(N(c3ccccc3)c3cccc4ccccc34)ccc2-c2c1cc(N(c1ccccc1)c1cccc3ccccc13)c1ccccc21. The summed E-state index contributed by atoms with van der Waals surface area (Å²) in [4.78, 5) is 4.90. The number of benzene rings is 10. The Morgan fingerprint density at radius 3 is 1.43 bits per heavy atom. The maximum Gasteiger partial charge on any atom is 0.0543 e. The van der Waals surface area contributed by atoms with Gasteiger partial charge in [0.15, 0.2) is 0 Å². The third-order valence-corrected chi connectivity index (χ3v) is 12.3. The van der Waals surface area contributed by atoms with E-state index in [1.54, 1.807) is 0 Å². The minimum atomic E-state index is -0.469. The summed E-state index contributed by atoms with van der Waals surface area (Å²) in [6.45, 7) is 2.44. The van der Waals surface area contributed by atoms with Gasteiger partial charge in [0.1, 0.15) is 0 Å². The molecule has 0 saturated heterocycles. The number of para-hydroxylation sites is 2. The monoisotopic (exact) mass is 740 g/mol. The molecule has 0 bridgehead atoms. The lowest BCUT2D eigenvalue weighted by atomic mass is 9.73. The van der Waals surface area contributed by atoms with Crippen molar-refractivity contribution in [2.45, 2.75) is 12.3 Å². The van der Waals surface area contributed by atoms with Gasteiger partial charge in [-0.05, 0) is 105 Å². The van der Waals surface area contributed by atoms with Crippen molar-refractivity contribution < 1.29 is 0 Å². The van der Waals surface area contributed by atoms with Gasteiger partial charge in [-0.15, -0.1) is 0 Å². The second kappa shape index (κ2) is 13.7. The molecule has 0 amide bonds. The number of hydrogen-bond donors (Lipinski definition) is 0. The van der Waals surface area contributed by atoms with Crippen LogP contribution in [0.15, 0.2) is 224 Å². The molecule has 2 heteroatoms. The van der Waals surface area contributed by atoms with Gasteiger partial charge in [-0.25, -0.2) is 0 Å². The Morgan fingerprint density at radius 2 is 0.810 bits per heavy atom. The Labute approximate surface area is 339 Å². The van der Waals surface area contributed by atoms with E-state index in [4.69, 9.17) is 0 Å². The predicted molar refractivity (Wildman–Crippen MR) is 246 cm³/mol. The summed E-state index contributed by atoms with van der Waals surface area (Å²) >= 11 is 0. The first kappa shape index (κ1) is 33.9. The maximum atomic E-state index is 2.50. The van der Waals surface area contributed by atoms with Gasteiger partial charge in [0, 0.05) is 38.6 Å². The summed E-state index contributed by atoms with van der Waals surface area (Å²) in [5.41, 5.74) is 12.8. The smallest absolute Gasteiger partial charge is 0.0543 e. The van der Waals surface area contributed by atoms with Gasteiger partial charge in [-0.3, -0.25) is 0 Å². The zero-order valence-electron chi connectivity index (χ0n) is 32.3. The lowest BCUT2D eigenvalue weighted by Crippen LogP contribution is -2.23. The fraction of sp³-hybridized carbons (Fsp3) is 0.0357. The lowest BCUT2D eigenvalue weighted by molar-refractivity contribution is 0.714. The van der Waals surface area contributed by atoms with Crippen molar-refractivity contribution >= 4 is 66.4 Å². The Hall–Kier alpha value is -7.42. The number of nitrogens with zero attached hydrogens (tertiary/aromatic N) is 2. The van der Waals surface area contributed by atoms with Crippen molar-refractivity contribution in [2.24, 2.45) is 0 Å². The van der Waals surface area contributed by atoms with Crippen LogP contribution in [0.3, 0.4) is 0 Å². The molecule has 1 unspecified atom stereocenters. The van der Waals surface area contributed by atoms with Crippen molar-refractivity contribution in [3.63, 3.8) is 0 Å². The Bertz CT molecular complexity index is 3130. The van der Waals surface area contributed by atoms with Crippen LogP contribution in [0.2, 0.25) is 0 Å². The molecule has 11 rings (SSSR count). The van der Waals surface area contributed by atoms with Crippen LogP contribution in [-0.4, -0.2) is 0 Å². The van der Waals surface area contributed by atoms with Crippen LogP contribution in [0.4, 0.5) is 34.1 Å². The molecule has 58 heavy (non-hydrogen) atoms. The summed E-state index contributed by atoms with van der Waals surface area (Å²) in [7, 11) is 0. The fourth-order valence-electron chi connectivity index (χ4n) is 9.55. The molecule has 0 heterocycles. The predicted octanol–water partition coefficient (Wildman–Crippen LogP) is 15.4. The molecule has 0 N–H and O–H groups in total. The van der Waals surface area contributed by atoms with Crippen molar-refractivity contribution in [1.29, 1.82) is 0 Å². The normalized spacial score (nSPS) is 14.4. The van der Waals surface area contributed by atoms with Crippen LogP contribution in [0.5, 0.6) is 0 Å². The quantitative estimate of drug-likeness (QED) is 0.161. The third-order valence-electron chi connectivity index (χ3n) is 12.3. The molecule has 0 radical (unpaired) electrons. The van der Waals surface area contributed by atoms with Crippen molar-refractivity contribution in [1.82, 2.24) is 0 Å². The van der Waals surface area contributed by atoms with Gasteiger partial charge in [0.25, 0.3) is 0 Å². The number of hydrogen-bond acceptors (Lipinski definition) is 2. The largest absolute Gasteiger partial charge is 0.310 e. The lowest BCUT2D eigenvalue weighted by Gasteiger charge is -2.33. The van der Waals surface area contributed by atoms with E-state index < -0.39 is 5.41 Å². The van der Waals surface area contributed by atoms with Crippen molar-refractivity contribution in [3.8, 4) is 11.1 Å². The van der Waals surface area contributed by atoms with Gasteiger partial charge in [0.2, 0.25) is 0 Å². The number of rotatable bonds is 7. The topological polar surface area (TPSA) is 6.48 Å². The maximum absolute atomic E-state index is 2.50. The third kappa shape index (κ3) is 5.26. The molecular formula is C56H40N2. The van der Waals surface area contributed by atoms with E-state index in [-0.39, 0.29) is 0 Å². The molecule has 0 aromatic heterocycles.